The molecular weight excluding hydrogens is 576 g/mol. The van der Waals surface area contributed by atoms with Crippen LogP contribution in [0.4, 0.5) is 43.8 Å². The minimum atomic E-state index is -5.31. The minimum Gasteiger partial charge on any atom is -0.475 e. The van der Waals surface area contributed by atoms with Crippen molar-refractivity contribution in [2.75, 3.05) is 41.7 Å². The molecule has 1 amide bonds. The number of primary amides is 1. The van der Waals surface area contributed by atoms with E-state index in [0.717, 1.165) is 18.0 Å². The number of carbonyl (C=O) groups is 2. The number of pyridine rings is 1. The number of amides is 1. The Labute approximate surface area is 234 Å². The van der Waals surface area contributed by atoms with Gasteiger partial charge in [-0.2, -0.15) is 26.3 Å². The molecular formula is C25H25F6N7O4. The van der Waals surface area contributed by atoms with E-state index >= 15 is 0 Å². The second-order valence-electron chi connectivity index (χ2n) is 9.03. The summed E-state index contributed by atoms with van der Waals surface area (Å²) in [5.41, 5.74) is 7.54. The van der Waals surface area contributed by atoms with Crippen LogP contribution in [-0.4, -0.2) is 75.6 Å². The van der Waals surface area contributed by atoms with Gasteiger partial charge in [0.05, 0.1) is 11.9 Å². The van der Waals surface area contributed by atoms with Crippen LogP contribution in [0, 0.1) is 6.92 Å². The predicted molar refractivity (Wildman–Crippen MR) is 138 cm³/mol. The van der Waals surface area contributed by atoms with Gasteiger partial charge in [-0.3, -0.25) is 4.79 Å². The normalized spacial score (nSPS) is 15.3. The van der Waals surface area contributed by atoms with Crippen molar-refractivity contribution in [2.45, 2.75) is 24.9 Å². The molecule has 11 nitrogen and oxygen atoms in total. The number of carbonyl (C=O) groups excluding carboxylic acids is 1. The number of nitrogens with zero attached hydrogens (tertiary/aromatic N) is 5. The monoisotopic (exact) mass is 601 g/mol. The summed E-state index contributed by atoms with van der Waals surface area (Å²) in [4.78, 5) is 37.7. The Morgan fingerprint density at radius 3 is 2.05 bits per heavy atom. The highest BCUT2D eigenvalue weighted by Gasteiger charge is 2.60. The number of alkyl halides is 6. The number of nitrogen functional groups attached to an aromatic ring is 1. The topological polar surface area (TPSA) is 172 Å². The van der Waals surface area contributed by atoms with E-state index in [-0.39, 0.29) is 17.1 Å². The summed E-state index contributed by atoms with van der Waals surface area (Å²) >= 11 is 0. The lowest BCUT2D eigenvalue weighted by molar-refractivity contribution is -0.255. The van der Waals surface area contributed by atoms with Gasteiger partial charge in [-0.1, -0.05) is 18.2 Å². The Morgan fingerprint density at radius 2 is 1.55 bits per heavy atom. The lowest BCUT2D eigenvalue weighted by Gasteiger charge is -2.36. The second kappa shape index (κ2) is 12.1. The molecule has 0 bridgehead atoms. The molecule has 0 radical (unpaired) electrons. The van der Waals surface area contributed by atoms with E-state index in [2.05, 4.69) is 19.9 Å². The third-order valence-corrected chi connectivity index (χ3v) is 6.27. The van der Waals surface area contributed by atoms with Crippen molar-refractivity contribution in [2.24, 2.45) is 5.73 Å². The van der Waals surface area contributed by atoms with Crippen LogP contribution in [0.3, 0.4) is 0 Å². The average molecular weight is 602 g/mol. The SMILES string of the molecule is Cc1ccc(C(O)(C(N)=O)C(F)(F)F)cc1-c1cnc(N)c(N2CCN(c3ccccn3)CC2)n1.O=C(O)C(F)(F)F. The molecule has 17 heteroatoms. The number of aryl methyl sites for hydroxylation is 1. The van der Waals surface area contributed by atoms with E-state index in [1.54, 1.807) is 13.1 Å². The van der Waals surface area contributed by atoms with Crippen molar-refractivity contribution in [1.82, 2.24) is 15.0 Å². The molecule has 1 aromatic carbocycles. The highest BCUT2D eigenvalue weighted by Crippen LogP contribution is 2.40. The van der Waals surface area contributed by atoms with Crippen LogP contribution in [-0.2, 0) is 15.2 Å². The number of piperazine rings is 1. The predicted octanol–water partition coefficient (Wildman–Crippen LogP) is 2.62. The van der Waals surface area contributed by atoms with Gasteiger partial charge in [0, 0.05) is 43.5 Å². The smallest absolute Gasteiger partial charge is 0.475 e. The van der Waals surface area contributed by atoms with E-state index in [1.807, 2.05) is 23.1 Å². The van der Waals surface area contributed by atoms with Crippen molar-refractivity contribution in [1.29, 1.82) is 0 Å². The number of aliphatic hydroxyl groups is 1. The van der Waals surface area contributed by atoms with Crippen LogP contribution in [0.1, 0.15) is 11.1 Å². The van der Waals surface area contributed by atoms with Crippen molar-refractivity contribution < 1.29 is 46.1 Å². The number of benzene rings is 1. The first-order chi connectivity index (χ1) is 19.5. The fraction of sp³-hybridized carbons (Fsp3) is 0.320. The van der Waals surface area contributed by atoms with Gasteiger partial charge in [0.2, 0.25) is 0 Å². The van der Waals surface area contributed by atoms with Crippen molar-refractivity contribution >= 4 is 29.3 Å². The maximum atomic E-state index is 13.6. The maximum Gasteiger partial charge on any atom is 0.490 e. The number of halogens is 6. The maximum absolute atomic E-state index is 13.6. The summed E-state index contributed by atoms with van der Waals surface area (Å²) in [7, 11) is 0. The molecule has 4 rings (SSSR count). The molecule has 1 saturated heterocycles. The summed E-state index contributed by atoms with van der Waals surface area (Å²) in [5.74, 6) is -3.24. The quantitative estimate of drug-likeness (QED) is 0.319. The molecule has 1 aliphatic heterocycles. The molecule has 3 heterocycles. The molecule has 1 fully saturated rings. The number of carboxylic acids is 1. The van der Waals surface area contributed by atoms with E-state index in [9.17, 15) is 36.2 Å². The molecule has 3 aromatic rings. The van der Waals surface area contributed by atoms with E-state index < -0.39 is 35.4 Å². The molecule has 6 N–H and O–H groups in total. The van der Waals surface area contributed by atoms with Gasteiger partial charge in [0.1, 0.15) is 5.82 Å². The highest BCUT2D eigenvalue weighted by molar-refractivity contribution is 5.86. The first-order valence-electron chi connectivity index (χ1n) is 12.0. The summed E-state index contributed by atoms with van der Waals surface area (Å²) in [5, 5.41) is 17.3. The third-order valence-electron chi connectivity index (χ3n) is 6.27. The Hall–Kier alpha value is -4.67. The van der Waals surface area contributed by atoms with Crippen LogP contribution in [0.15, 0.2) is 48.8 Å². The zero-order chi connectivity index (χ0) is 31.5. The van der Waals surface area contributed by atoms with Crippen molar-refractivity contribution in [3.63, 3.8) is 0 Å². The molecule has 0 aliphatic carbocycles. The molecule has 226 valence electrons. The van der Waals surface area contributed by atoms with Crippen LogP contribution in [0.25, 0.3) is 11.3 Å². The Bertz CT molecular complexity index is 1430. The first kappa shape index (κ1) is 31.9. The molecule has 0 saturated carbocycles. The molecule has 1 unspecified atom stereocenters. The van der Waals surface area contributed by atoms with E-state index in [0.29, 0.717) is 37.6 Å². The van der Waals surface area contributed by atoms with Gasteiger partial charge < -0.3 is 31.5 Å². The van der Waals surface area contributed by atoms with Crippen molar-refractivity contribution in [3.05, 3.63) is 59.9 Å². The van der Waals surface area contributed by atoms with Gasteiger partial charge in [0.15, 0.2) is 11.6 Å². The fourth-order valence-electron chi connectivity index (χ4n) is 4.01. The molecule has 42 heavy (non-hydrogen) atoms. The molecule has 1 atom stereocenters. The first-order valence-corrected chi connectivity index (χ1v) is 12.0. The third kappa shape index (κ3) is 6.79. The van der Waals surface area contributed by atoms with Gasteiger partial charge in [-0.25, -0.2) is 19.7 Å². The molecule has 1 aliphatic rings. The van der Waals surface area contributed by atoms with Crippen LogP contribution in [0.5, 0.6) is 0 Å². The van der Waals surface area contributed by atoms with E-state index in [4.69, 9.17) is 21.4 Å². The zero-order valence-electron chi connectivity index (χ0n) is 21.8. The average Bonchev–Trinajstić information content (AvgIpc) is 2.93. The molecule has 0 spiro atoms. The summed E-state index contributed by atoms with van der Waals surface area (Å²) in [6.07, 6.45) is -7.33. The number of aromatic nitrogens is 3. The fourth-order valence-corrected chi connectivity index (χ4v) is 4.01. The van der Waals surface area contributed by atoms with Crippen LogP contribution >= 0.6 is 0 Å². The summed E-state index contributed by atoms with van der Waals surface area (Å²) < 4.78 is 72.5. The lowest BCUT2D eigenvalue weighted by atomic mass is 9.89. The Kier molecular flexibility index (Phi) is 9.14. The largest absolute Gasteiger partial charge is 0.490 e. The van der Waals surface area contributed by atoms with Crippen LogP contribution < -0.4 is 21.3 Å². The highest BCUT2D eigenvalue weighted by atomic mass is 19.4. The number of aliphatic carboxylic acids is 1. The second-order valence-corrected chi connectivity index (χ2v) is 9.03. The van der Waals surface area contributed by atoms with Crippen LogP contribution in [0.2, 0.25) is 0 Å². The number of nitrogens with two attached hydrogens (primary N) is 2. The lowest BCUT2D eigenvalue weighted by Crippen LogP contribution is -2.52. The number of rotatable bonds is 5. The standard InChI is InChI=1S/C23H24F3N7O2.C2HF3O2/c1-14-5-6-15(22(35,21(28)34)23(24,25)26)12-16(14)17-13-30-19(27)20(31-17)33-10-8-32(9-11-33)18-4-2-3-7-29-18;3-2(4,5)1(6)7/h2-7,12-13,35H,8-11H2,1H3,(H2,27,30)(H2,28,34);(H,6,7). The number of hydrogen-bond acceptors (Lipinski definition) is 9. The van der Waals surface area contributed by atoms with Gasteiger partial charge in [-0.15, -0.1) is 0 Å². The van der Waals surface area contributed by atoms with E-state index in [1.165, 1.54) is 12.3 Å². The zero-order valence-corrected chi connectivity index (χ0v) is 21.8. The van der Waals surface area contributed by atoms with Gasteiger partial charge in [-0.05, 0) is 30.7 Å². The summed E-state index contributed by atoms with van der Waals surface area (Å²) in [6.45, 7) is 4.14. The summed E-state index contributed by atoms with van der Waals surface area (Å²) in [6, 6.07) is 9.10. The Morgan fingerprint density at radius 1 is 0.952 bits per heavy atom. The van der Waals surface area contributed by atoms with Gasteiger partial charge in [0.25, 0.3) is 11.5 Å². The minimum absolute atomic E-state index is 0.178. The van der Waals surface area contributed by atoms with Crippen molar-refractivity contribution in [3.8, 4) is 11.3 Å². The Balaban J connectivity index is 0.000000616. The number of anilines is 3. The number of hydrogen-bond donors (Lipinski definition) is 4. The molecule has 2 aromatic heterocycles. The number of carboxylic acid groups (broad SMARTS) is 1. The van der Waals surface area contributed by atoms with Gasteiger partial charge >= 0.3 is 18.3 Å².